The Balaban J connectivity index is 1.58. The summed E-state index contributed by atoms with van der Waals surface area (Å²) in [5.41, 5.74) is 0.641. The van der Waals surface area contributed by atoms with Gasteiger partial charge < -0.3 is 5.32 Å². The minimum absolute atomic E-state index is 0.0249. The third kappa shape index (κ3) is 3.94. The van der Waals surface area contributed by atoms with E-state index in [1.807, 2.05) is 35.9 Å². The number of benzene rings is 1. The molecule has 29 heavy (non-hydrogen) atoms. The van der Waals surface area contributed by atoms with Gasteiger partial charge in [-0.05, 0) is 45.2 Å². The number of carbonyl (C=O) groups excluding carboxylic acids is 1. The van der Waals surface area contributed by atoms with Crippen molar-refractivity contribution in [2.45, 2.75) is 62.5 Å². The molecule has 0 radical (unpaired) electrons. The molecule has 1 N–H and O–H groups in total. The Morgan fingerprint density at radius 1 is 1.28 bits per heavy atom. The zero-order valence-corrected chi connectivity index (χ0v) is 17.6. The minimum atomic E-state index is -0.409. The number of aromatic nitrogens is 4. The molecule has 1 saturated carbocycles. The molecule has 152 valence electrons. The van der Waals surface area contributed by atoms with Crippen molar-refractivity contribution in [2.75, 3.05) is 5.32 Å². The van der Waals surface area contributed by atoms with Gasteiger partial charge in [0.05, 0.1) is 28.4 Å². The lowest BCUT2D eigenvalue weighted by Crippen LogP contribution is -2.27. The highest BCUT2D eigenvalue weighted by atomic mass is 32.2. The van der Waals surface area contributed by atoms with E-state index < -0.39 is 5.25 Å². The molecule has 0 unspecified atom stereocenters. The predicted octanol–water partition coefficient (Wildman–Crippen LogP) is 4.02. The molecule has 4 rings (SSSR count). The summed E-state index contributed by atoms with van der Waals surface area (Å²) in [6, 6.07) is 9.56. The maximum absolute atomic E-state index is 13.0. The monoisotopic (exact) mass is 411 g/mol. The first kappa shape index (κ1) is 19.7. The molecule has 3 aromatic rings. The maximum Gasteiger partial charge on any atom is 0.262 e. The van der Waals surface area contributed by atoms with Crippen LogP contribution >= 0.6 is 11.8 Å². The third-order valence-electron chi connectivity index (χ3n) is 5.27. The van der Waals surface area contributed by atoms with Gasteiger partial charge in [0.1, 0.15) is 5.82 Å². The highest BCUT2D eigenvalue weighted by molar-refractivity contribution is 8.00. The zero-order valence-electron chi connectivity index (χ0n) is 16.8. The number of amides is 1. The topological polar surface area (TPSA) is 81.8 Å². The molecule has 2 atom stereocenters. The van der Waals surface area contributed by atoms with Gasteiger partial charge in [0, 0.05) is 12.1 Å². The molecule has 1 aromatic carbocycles. The van der Waals surface area contributed by atoms with E-state index in [9.17, 15) is 9.59 Å². The van der Waals surface area contributed by atoms with E-state index in [1.165, 1.54) is 11.8 Å². The number of hydrogen-bond donors (Lipinski definition) is 1. The number of anilines is 1. The Hall–Kier alpha value is -2.61. The lowest BCUT2D eigenvalue weighted by atomic mass is 10.2. The summed E-state index contributed by atoms with van der Waals surface area (Å²) in [7, 11) is 0. The Morgan fingerprint density at radius 2 is 2.03 bits per heavy atom. The number of carbonyl (C=O) groups is 1. The number of nitrogens with one attached hydrogen (secondary N) is 1. The van der Waals surface area contributed by atoms with E-state index in [1.54, 1.807) is 16.8 Å². The molecule has 1 fully saturated rings. The van der Waals surface area contributed by atoms with Crippen molar-refractivity contribution in [3.63, 3.8) is 0 Å². The highest BCUT2D eigenvalue weighted by Crippen LogP contribution is 2.37. The van der Waals surface area contributed by atoms with Crippen LogP contribution in [0.15, 0.2) is 46.5 Å². The van der Waals surface area contributed by atoms with Gasteiger partial charge in [-0.3, -0.25) is 14.2 Å². The fraction of sp³-hybridized carbons (Fsp3) is 0.429. The van der Waals surface area contributed by atoms with Crippen LogP contribution < -0.4 is 10.9 Å². The van der Waals surface area contributed by atoms with Crippen LogP contribution in [0.3, 0.4) is 0 Å². The molecule has 2 heterocycles. The van der Waals surface area contributed by atoms with Crippen molar-refractivity contribution < 1.29 is 4.79 Å². The molecule has 2 aromatic heterocycles. The summed E-state index contributed by atoms with van der Waals surface area (Å²) in [6.45, 7) is 5.98. The van der Waals surface area contributed by atoms with Crippen LogP contribution in [0.2, 0.25) is 0 Å². The molecule has 0 spiro atoms. The first-order valence-corrected chi connectivity index (χ1v) is 10.9. The fourth-order valence-corrected chi connectivity index (χ4v) is 4.22. The standard InChI is InChI=1S/C21H25N5O2S/c1-4-13(2)26-18(11-12-22-26)24-19(27)14(3)29-21-23-17-8-6-5-7-16(17)20(28)25(21)15-9-10-15/h5-8,11-15H,4,9-10H2,1-3H3,(H,24,27)/t13-,14-/m0/s1. The molecule has 1 aliphatic carbocycles. The van der Waals surface area contributed by atoms with E-state index in [0.717, 1.165) is 19.3 Å². The van der Waals surface area contributed by atoms with Crippen LogP contribution in [0.1, 0.15) is 52.1 Å². The summed E-state index contributed by atoms with van der Waals surface area (Å²) >= 11 is 1.33. The van der Waals surface area contributed by atoms with Crippen molar-refractivity contribution in [2.24, 2.45) is 0 Å². The average molecular weight is 412 g/mol. The van der Waals surface area contributed by atoms with Gasteiger partial charge in [0.15, 0.2) is 5.16 Å². The van der Waals surface area contributed by atoms with E-state index in [0.29, 0.717) is 21.9 Å². The Kier molecular flexibility index (Phi) is 5.45. The summed E-state index contributed by atoms with van der Waals surface area (Å²) in [6.07, 6.45) is 4.56. The molecule has 1 amide bonds. The largest absolute Gasteiger partial charge is 0.310 e. The average Bonchev–Trinajstić information content (AvgIpc) is 3.45. The number of fused-ring (bicyclic) bond motifs is 1. The number of hydrogen-bond acceptors (Lipinski definition) is 5. The Morgan fingerprint density at radius 3 is 2.76 bits per heavy atom. The number of para-hydroxylation sites is 1. The fourth-order valence-electron chi connectivity index (χ4n) is 3.24. The van der Waals surface area contributed by atoms with Gasteiger partial charge in [-0.2, -0.15) is 5.10 Å². The quantitative estimate of drug-likeness (QED) is 0.469. The molecule has 8 heteroatoms. The highest BCUT2D eigenvalue weighted by Gasteiger charge is 2.30. The van der Waals surface area contributed by atoms with E-state index in [2.05, 4.69) is 24.3 Å². The Labute approximate surface area is 173 Å². The van der Waals surface area contributed by atoms with Crippen molar-refractivity contribution in [1.29, 1.82) is 0 Å². The van der Waals surface area contributed by atoms with Crippen molar-refractivity contribution >= 4 is 34.4 Å². The minimum Gasteiger partial charge on any atom is -0.310 e. The lowest BCUT2D eigenvalue weighted by molar-refractivity contribution is -0.115. The van der Waals surface area contributed by atoms with Gasteiger partial charge in [-0.1, -0.05) is 30.8 Å². The van der Waals surface area contributed by atoms with Crippen molar-refractivity contribution in [1.82, 2.24) is 19.3 Å². The van der Waals surface area contributed by atoms with Gasteiger partial charge in [0.2, 0.25) is 5.91 Å². The maximum atomic E-state index is 13.0. The normalized spacial score (nSPS) is 16.0. The van der Waals surface area contributed by atoms with E-state index in [-0.39, 0.29) is 23.6 Å². The third-order valence-corrected chi connectivity index (χ3v) is 6.34. The first-order chi connectivity index (χ1) is 14.0. The molecule has 0 saturated heterocycles. The van der Waals surface area contributed by atoms with Crippen LogP contribution in [-0.2, 0) is 4.79 Å². The molecular weight excluding hydrogens is 386 g/mol. The van der Waals surface area contributed by atoms with Crippen LogP contribution in [-0.4, -0.2) is 30.5 Å². The van der Waals surface area contributed by atoms with Crippen LogP contribution in [0, 0.1) is 0 Å². The van der Waals surface area contributed by atoms with Crippen LogP contribution in [0.25, 0.3) is 10.9 Å². The molecular formula is C21H25N5O2S. The second kappa shape index (κ2) is 8.02. The number of rotatable bonds is 7. The zero-order chi connectivity index (χ0) is 20.5. The molecule has 0 bridgehead atoms. The molecule has 0 aliphatic heterocycles. The number of nitrogens with zero attached hydrogens (tertiary/aromatic N) is 4. The van der Waals surface area contributed by atoms with Crippen LogP contribution in [0.5, 0.6) is 0 Å². The van der Waals surface area contributed by atoms with Gasteiger partial charge >= 0.3 is 0 Å². The smallest absolute Gasteiger partial charge is 0.262 e. The van der Waals surface area contributed by atoms with Gasteiger partial charge in [-0.15, -0.1) is 0 Å². The molecule has 1 aliphatic rings. The number of thioether (sulfide) groups is 1. The summed E-state index contributed by atoms with van der Waals surface area (Å²) in [5, 5.41) is 8.10. The Bertz CT molecular complexity index is 1100. The van der Waals surface area contributed by atoms with Crippen LogP contribution in [0.4, 0.5) is 5.82 Å². The van der Waals surface area contributed by atoms with Gasteiger partial charge in [0.25, 0.3) is 5.56 Å². The molecule has 7 nitrogen and oxygen atoms in total. The van der Waals surface area contributed by atoms with Gasteiger partial charge in [-0.25, -0.2) is 9.67 Å². The first-order valence-electron chi connectivity index (χ1n) is 10.0. The summed E-state index contributed by atoms with van der Waals surface area (Å²) in [4.78, 5) is 30.5. The van der Waals surface area contributed by atoms with Crippen molar-refractivity contribution in [3.05, 3.63) is 46.9 Å². The van der Waals surface area contributed by atoms with Crippen molar-refractivity contribution in [3.8, 4) is 0 Å². The summed E-state index contributed by atoms with van der Waals surface area (Å²) in [5.74, 6) is 0.549. The lowest BCUT2D eigenvalue weighted by Gasteiger charge is -2.18. The summed E-state index contributed by atoms with van der Waals surface area (Å²) < 4.78 is 3.59. The second-order valence-electron chi connectivity index (χ2n) is 7.49. The second-order valence-corrected chi connectivity index (χ2v) is 8.79. The van der Waals surface area contributed by atoms with E-state index >= 15 is 0 Å². The SMILES string of the molecule is CC[C@H](C)n1nccc1NC(=O)[C@H](C)Sc1nc2ccccc2c(=O)n1C1CC1. The van der Waals surface area contributed by atoms with E-state index in [4.69, 9.17) is 4.98 Å². The predicted molar refractivity (Wildman–Crippen MR) is 115 cm³/mol.